The van der Waals surface area contributed by atoms with Crippen molar-refractivity contribution in [1.29, 1.82) is 0 Å². The van der Waals surface area contributed by atoms with Crippen molar-refractivity contribution in [1.82, 2.24) is 10.2 Å². The Hall–Kier alpha value is -1.85. The Bertz CT molecular complexity index is 642. The zero-order valence-corrected chi connectivity index (χ0v) is 14.1. The summed E-state index contributed by atoms with van der Waals surface area (Å²) in [5.41, 5.74) is 2.29. The van der Waals surface area contributed by atoms with Gasteiger partial charge >= 0.3 is 0 Å². The predicted molar refractivity (Wildman–Crippen MR) is 92.8 cm³/mol. The molecule has 0 radical (unpaired) electrons. The normalized spacial score (nSPS) is 18.0. The van der Waals surface area contributed by atoms with Crippen molar-refractivity contribution in [3.63, 3.8) is 0 Å². The van der Waals surface area contributed by atoms with Crippen molar-refractivity contribution in [3.8, 4) is 5.75 Å². The van der Waals surface area contributed by atoms with Gasteiger partial charge in [-0.2, -0.15) is 11.3 Å². The number of thiophene rings is 1. The molecule has 4 nitrogen and oxygen atoms in total. The Morgan fingerprint density at radius 1 is 1.39 bits per heavy atom. The van der Waals surface area contributed by atoms with E-state index in [1.807, 2.05) is 24.3 Å². The van der Waals surface area contributed by atoms with Crippen molar-refractivity contribution < 1.29 is 9.53 Å². The molecule has 3 rings (SSSR count). The highest BCUT2D eigenvalue weighted by molar-refractivity contribution is 7.07. The second kappa shape index (κ2) is 7.62. The first kappa shape index (κ1) is 16.0. The second-order valence-corrected chi connectivity index (χ2v) is 6.69. The van der Waals surface area contributed by atoms with Crippen molar-refractivity contribution in [2.24, 2.45) is 0 Å². The third kappa shape index (κ3) is 4.33. The molecule has 1 amide bonds. The lowest BCUT2D eigenvalue weighted by atomic mass is 10.1. The van der Waals surface area contributed by atoms with Crippen LogP contribution in [0.2, 0.25) is 0 Å². The van der Waals surface area contributed by atoms with E-state index >= 15 is 0 Å². The first-order valence-corrected chi connectivity index (χ1v) is 8.83. The molecule has 1 unspecified atom stereocenters. The van der Waals surface area contributed by atoms with Gasteiger partial charge in [-0.05, 0) is 34.9 Å². The number of amides is 1. The van der Waals surface area contributed by atoms with Crippen molar-refractivity contribution >= 4 is 17.2 Å². The molecule has 23 heavy (non-hydrogen) atoms. The Labute approximate surface area is 141 Å². The van der Waals surface area contributed by atoms with E-state index in [4.69, 9.17) is 4.74 Å². The van der Waals surface area contributed by atoms with E-state index in [2.05, 4.69) is 27.0 Å². The Kier molecular flexibility index (Phi) is 5.31. The molecule has 1 aliphatic heterocycles. The minimum atomic E-state index is 0.0666. The smallest absolute Gasteiger partial charge is 0.224 e. The van der Waals surface area contributed by atoms with Gasteiger partial charge in [-0.1, -0.05) is 18.2 Å². The molecule has 122 valence electrons. The monoisotopic (exact) mass is 330 g/mol. The summed E-state index contributed by atoms with van der Waals surface area (Å²) in [5, 5.41) is 7.45. The quantitative estimate of drug-likeness (QED) is 0.885. The van der Waals surface area contributed by atoms with Crippen LogP contribution in [0, 0.1) is 0 Å². The van der Waals surface area contributed by atoms with Crippen LogP contribution in [0.1, 0.15) is 17.5 Å². The molecule has 1 N–H and O–H groups in total. The van der Waals surface area contributed by atoms with Gasteiger partial charge in [-0.3, -0.25) is 9.69 Å². The molecule has 1 aromatic carbocycles. The third-order valence-electron chi connectivity index (χ3n) is 4.17. The molecule has 5 heteroatoms. The number of benzene rings is 1. The maximum atomic E-state index is 12.3. The van der Waals surface area contributed by atoms with Crippen LogP contribution < -0.4 is 10.1 Å². The fourth-order valence-corrected chi connectivity index (χ4v) is 3.70. The summed E-state index contributed by atoms with van der Waals surface area (Å²) in [5.74, 6) is 0.838. The van der Waals surface area contributed by atoms with Crippen LogP contribution >= 0.6 is 11.3 Å². The van der Waals surface area contributed by atoms with Crippen molar-refractivity contribution in [2.45, 2.75) is 25.4 Å². The van der Waals surface area contributed by atoms with Gasteiger partial charge in [0.15, 0.2) is 0 Å². The van der Waals surface area contributed by atoms with E-state index in [-0.39, 0.29) is 11.9 Å². The average molecular weight is 330 g/mol. The van der Waals surface area contributed by atoms with Crippen LogP contribution in [0.4, 0.5) is 0 Å². The first-order chi connectivity index (χ1) is 11.2. The van der Waals surface area contributed by atoms with E-state index in [0.717, 1.165) is 37.4 Å². The molecule has 2 aromatic rings. The lowest BCUT2D eigenvalue weighted by molar-refractivity contribution is -0.121. The average Bonchev–Trinajstić information content (AvgIpc) is 3.20. The van der Waals surface area contributed by atoms with Crippen LogP contribution in [-0.4, -0.2) is 37.0 Å². The molecule has 1 saturated heterocycles. The van der Waals surface area contributed by atoms with E-state index in [1.54, 1.807) is 18.4 Å². The van der Waals surface area contributed by atoms with Gasteiger partial charge in [0.1, 0.15) is 5.75 Å². The summed E-state index contributed by atoms with van der Waals surface area (Å²) in [6, 6.07) is 10.1. The van der Waals surface area contributed by atoms with Crippen LogP contribution in [0.15, 0.2) is 41.1 Å². The molecule has 2 heterocycles. The Morgan fingerprint density at radius 3 is 3.04 bits per heavy atom. The highest BCUT2D eigenvalue weighted by Crippen LogP contribution is 2.19. The summed E-state index contributed by atoms with van der Waals surface area (Å²) in [4.78, 5) is 14.7. The molecule has 1 fully saturated rings. The number of carbonyl (C=O) groups excluding carboxylic acids is 1. The molecule has 0 bridgehead atoms. The van der Waals surface area contributed by atoms with E-state index in [1.165, 1.54) is 5.56 Å². The molecule has 0 spiro atoms. The van der Waals surface area contributed by atoms with Crippen molar-refractivity contribution in [2.75, 3.05) is 20.2 Å². The van der Waals surface area contributed by atoms with E-state index in [9.17, 15) is 4.79 Å². The molecule has 1 aromatic heterocycles. The summed E-state index contributed by atoms with van der Waals surface area (Å²) >= 11 is 1.73. The predicted octanol–water partition coefficient (Wildman–Crippen LogP) is 2.69. The summed E-state index contributed by atoms with van der Waals surface area (Å²) < 4.78 is 5.30. The number of hydrogen-bond acceptors (Lipinski definition) is 4. The maximum absolute atomic E-state index is 12.3. The highest BCUT2D eigenvalue weighted by Gasteiger charge is 2.24. The molecule has 0 saturated carbocycles. The minimum Gasteiger partial charge on any atom is -0.496 e. The third-order valence-corrected chi connectivity index (χ3v) is 4.90. The van der Waals surface area contributed by atoms with Gasteiger partial charge in [0, 0.05) is 31.2 Å². The lowest BCUT2D eigenvalue weighted by Crippen LogP contribution is -2.37. The fourth-order valence-electron chi connectivity index (χ4n) is 3.04. The topological polar surface area (TPSA) is 41.6 Å². The number of nitrogens with one attached hydrogen (secondary N) is 1. The first-order valence-electron chi connectivity index (χ1n) is 7.89. The van der Waals surface area contributed by atoms with Gasteiger partial charge in [0.2, 0.25) is 5.91 Å². The number of para-hydroxylation sites is 1. The van der Waals surface area contributed by atoms with E-state index < -0.39 is 0 Å². The highest BCUT2D eigenvalue weighted by atomic mass is 32.1. The molecular weight excluding hydrogens is 308 g/mol. The number of rotatable bonds is 6. The standard InChI is InChI=1S/C18H22N2O2S/c1-22-17-5-3-2-4-15(17)10-18(21)19-16-6-8-20(12-16)11-14-7-9-23-13-14/h2-5,7,9,13,16H,6,8,10-12H2,1H3,(H,19,21). The molecule has 1 aliphatic rings. The number of likely N-dealkylation sites (tertiary alicyclic amines) is 1. The molecule has 1 atom stereocenters. The number of hydrogen-bond donors (Lipinski definition) is 1. The van der Waals surface area contributed by atoms with Gasteiger partial charge < -0.3 is 10.1 Å². The van der Waals surface area contributed by atoms with Crippen LogP contribution in [0.3, 0.4) is 0 Å². The summed E-state index contributed by atoms with van der Waals surface area (Å²) in [6.07, 6.45) is 1.38. The Balaban J connectivity index is 1.49. The largest absolute Gasteiger partial charge is 0.496 e. The zero-order chi connectivity index (χ0) is 16.1. The van der Waals surface area contributed by atoms with E-state index in [0.29, 0.717) is 6.42 Å². The zero-order valence-electron chi connectivity index (χ0n) is 13.3. The second-order valence-electron chi connectivity index (χ2n) is 5.91. The van der Waals surface area contributed by atoms with Crippen LogP contribution in [0.25, 0.3) is 0 Å². The number of methoxy groups -OCH3 is 1. The van der Waals surface area contributed by atoms with Gasteiger partial charge in [-0.25, -0.2) is 0 Å². The number of ether oxygens (including phenoxy) is 1. The molecular formula is C18H22N2O2S. The van der Waals surface area contributed by atoms with Gasteiger partial charge in [-0.15, -0.1) is 0 Å². The van der Waals surface area contributed by atoms with Crippen molar-refractivity contribution in [3.05, 3.63) is 52.2 Å². The molecule has 0 aliphatic carbocycles. The fraction of sp³-hybridized carbons (Fsp3) is 0.389. The maximum Gasteiger partial charge on any atom is 0.224 e. The van der Waals surface area contributed by atoms with Gasteiger partial charge in [0.25, 0.3) is 0 Å². The Morgan fingerprint density at radius 2 is 2.26 bits per heavy atom. The van der Waals surface area contributed by atoms with Crippen LogP contribution in [0.5, 0.6) is 5.75 Å². The summed E-state index contributed by atoms with van der Waals surface area (Å²) in [7, 11) is 1.63. The lowest BCUT2D eigenvalue weighted by Gasteiger charge is -2.16. The number of carbonyl (C=O) groups is 1. The van der Waals surface area contributed by atoms with Gasteiger partial charge in [0.05, 0.1) is 13.5 Å². The SMILES string of the molecule is COc1ccccc1CC(=O)NC1CCN(Cc2ccsc2)C1. The van der Waals surface area contributed by atoms with Crippen LogP contribution in [-0.2, 0) is 17.8 Å². The summed E-state index contributed by atoms with van der Waals surface area (Å²) in [6.45, 7) is 2.94. The number of nitrogens with zero attached hydrogens (tertiary/aromatic N) is 1. The minimum absolute atomic E-state index is 0.0666.